The van der Waals surface area contributed by atoms with Gasteiger partial charge in [-0.15, -0.1) is 11.3 Å². The van der Waals surface area contributed by atoms with Crippen LogP contribution in [0.25, 0.3) is 0 Å². The molecule has 3 nitrogen and oxygen atoms in total. The van der Waals surface area contributed by atoms with Gasteiger partial charge in [-0.2, -0.15) is 5.26 Å². The Morgan fingerprint density at radius 2 is 2.19 bits per heavy atom. The van der Waals surface area contributed by atoms with Gasteiger partial charge in [-0.25, -0.2) is 0 Å². The summed E-state index contributed by atoms with van der Waals surface area (Å²) in [5.41, 5.74) is -0.743. The molecule has 0 saturated heterocycles. The number of hydrogen-bond donors (Lipinski definition) is 1. The quantitative estimate of drug-likeness (QED) is 0.927. The molecule has 1 amide bonds. The molecule has 0 bridgehead atoms. The molecule has 0 aromatic carbocycles. The molecule has 1 aromatic heterocycles. The maximum absolute atomic E-state index is 11.9. The predicted molar refractivity (Wildman–Crippen MR) is 68.4 cm³/mol. The van der Waals surface area contributed by atoms with Crippen molar-refractivity contribution in [1.82, 2.24) is 5.32 Å². The Hall–Kier alpha value is -0.860. The van der Waals surface area contributed by atoms with Crippen molar-refractivity contribution in [3.05, 3.63) is 20.8 Å². The number of halogens is 1. The summed E-state index contributed by atoms with van der Waals surface area (Å²) in [6.45, 7) is 3.80. The lowest BCUT2D eigenvalue weighted by atomic mass is 9.95. The zero-order valence-corrected chi connectivity index (χ0v) is 11.6. The van der Waals surface area contributed by atoms with Crippen LogP contribution >= 0.6 is 27.3 Å². The van der Waals surface area contributed by atoms with Crippen molar-refractivity contribution in [2.75, 3.05) is 0 Å². The fourth-order valence-corrected chi connectivity index (χ4v) is 2.61. The number of nitrogens with one attached hydrogen (secondary N) is 1. The van der Waals surface area contributed by atoms with E-state index in [2.05, 4.69) is 27.3 Å². The highest BCUT2D eigenvalue weighted by molar-refractivity contribution is 9.11. The Balaban J connectivity index is 2.81. The van der Waals surface area contributed by atoms with Gasteiger partial charge in [0.15, 0.2) is 0 Å². The average Bonchev–Trinajstić information content (AvgIpc) is 2.73. The number of carbonyl (C=O) groups is 1. The van der Waals surface area contributed by atoms with E-state index in [9.17, 15) is 4.79 Å². The Morgan fingerprint density at radius 3 is 2.56 bits per heavy atom. The van der Waals surface area contributed by atoms with E-state index < -0.39 is 5.54 Å². The highest BCUT2D eigenvalue weighted by Gasteiger charge is 2.28. The number of amides is 1. The van der Waals surface area contributed by atoms with Gasteiger partial charge in [-0.3, -0.25) is 4.79 Å². The molecule has 0 saturated carbocycles. The first-order chi connectivity index (χ1) is 7.56. The van der Waals surface area contributed by atoms with Crippen LogP contribution in [0.2, 0.25) is 0 Å². The monoisotopic (exact) mass is 300 g/mol. The van der Waals surface area contributed by atoms with Crippen LogP contribution in [0.15, 0.2) is 15.9 Å². The van der Waals surface area contributed by atoms with Gasteiger partial charge >= 0.3 is 0 Å². The summed E-state index contributed by atoms with van der Waals surface area (Å²) < 4.78 is 0.910. The molecule has 0 radical (unpaired) electrons. The molecular weight excluding hydrogens is 288 g/mol. The van der Waals surface area contributed by atoms with Gasteiger partial charge in [0.1, 0.15) is 5.54 Å². The number of thiophene rings is 1. The summed E-state index contributed by atoms with van der Waals surface area (Å²) in [6.07, 6.45) is 1.22. The zero-order valence-electron chi connectivity index (χ0n) is 9.21. The second-order valence-electron chi connectivity index (χ2n) is 3.46. The van der Waals surface area contributed by atoms with Gasteiger partial charge in [-0.05, 0) is 40.9 Å². The summed E-state index contributed by atoms with van der Waals surface area (Å²) >= 11 is 4.67. The second-order valence-corrected chi connectivity index (χ2v) is 5.92. The minimum atomic E-state index is -0.743. The lowest BCUT2D eigenvalue weighted by molar-refractivity contribution is 0.0920. The first-order valence-corrected chi connectivity index (χ1v) is 6.67. The van der Waals surface area contributed by atoms with E-state index in [0.717, 1.165) is 3.79 Å². The molecule has 0 unspecified atom stereocenters. The number of nitriles is 1. The van der Waals surface area contributed by atoms with E-state index >= 15 is 0 Å². The lowest BCUT2D eigenvalue weighted by Gasteiger charge is -2.24. The lowest BCUT2D eigenvalue weighted by Crippen LogP contribution is -2.46. The molecule has 0 aliphatic rings. The number of rotatable bonds is 4. The Labute approximate surface area is 108 Å². The summed E-state index contributed by atoms with van der Waals surface area (Å²) in [7, 11) is 0. The third-order valence-electron chi connectivity index (χ3n) is 2.57. The molecule has 16 heavy (non-hydrogen) atoms. The molecule has 1 aromatic rings. The molecule has 0 atom stereocenters. The van der Waals surface area contributed by atoms with Gasteiger partial charge in [0.05, 0.1) is 14.7 Å². The minimum absolute atomic E-state index is 0.180. The van der Waals surface area contributed by atoms with Gasteiger partial charge in [-0.1, -0.05) is 13.8 Å². The Morgan fingerprint density at radius 1 is 1.56 bits per heavy atom. The van der Waals surface area contributed by atoms with Crippen LogP contribution in [0, 0.1) is 11.3 Å². The van der Waals surface area contributed by atoms with Crippen molar-refractivity contribution in [3.63, 3.8) is 0 Å². The van der Waals surface area contributed by atoms with Crippen LogP contribution in [0.1, 0.15) is 36.4 Å². The molecule has 0 aliphatic carbocycles. The van der Waals surface area contributed by atoms with Crippen molar-refractivity contribution in [1.29, 1.82) is 5.26 Å². The smallest absolute Gasteiger partial charge is 0.262 e. The van der Waals surface area contributed by atoms with Gasteiger partial charge < -0.3 is 5.32 Å². The molecular formula is C11H13BrN2OS. The van der Waals surface area contributed by atoms with Crippen LogP contribution < -0.4 is 5.32 Å². The third kappa shape index (κ3) is 2.83. The number of carbonyl (C=O) groups excluding carboxylic acids is 1. The fraction of sp³-hybridized carbons (Fsp3) is 0.455. The maximum Gasteiger partial charge on any atom is 0.262 e. The van der Waals surface area contributed by atoms with Crippen molar-refractivity contribution in [3.8, 4) is 6.07 Å². The zero-order chi connectivity index (χ0) is 12.2. The highest BCUT2D eigenvalue weighted by atomic mass is 79.9. The first kappa shape index (κ1) is 13.2. The second kappa shape index (κ2) is 5.46. The van der Waals surface area contributed by atoms with Crippen LogP contribution in [0.3, 0.4) is 0 Å². The Kier molecular flexibility index (Phi) is 4.51. The fourth-order valence-electron chi connectivity index (χ4n) is 1.33. The molecule has 0 spiro atoms. The largest absolute Gasteiger partial charge is 0.333 e. The summed E-state index contributed by atoms with van der Waals surface area (Å²) in [6, 6.07) is 5.76. The van der Waals surface area contributed by atoms with Crippen molar-refractivity contribution < 1.29 is 4.79 Å². The van der Waals surface area contributed by atoms with E-state index in [1.807, 2.05) is 19.9 Å². The molecule has 5 heteroatoms. The summed E-state index contributed by atoms with van der Waals surface area (Å²) in [5, 5.41) is 11.9. The third-order valence-corrected chi connectivity index (χ3v) is 4.19. The van der Waals surface area contributed by atoms with Crippen LogP contribution in [0.4, 0.5) is 0 Å². The SMILES string of the molecule is CCC(C#N)(CC)NC(=O)c1ccc(Br)s1. The van der Waals surface area contributed by atoms with Crippen molar-refractivity contribution in [2.45, 2.75) is 32.2 Å². The van der Waals surface area contributed by atoms with E-state index in [4.69, 9.17) is 5.26 Å². The topological polar surface area (TPSA) is 52.9 Å². The number of nitrogens with zero attached hydrogens (tertiary/aromatic N) is 1. The number of hydrogen-bond acceptors (Lipinski definition) is 3. The molecule has 1 heterocycles. The van der Waals surface area contributed by atoms with Gasteiger partial charge in [0.2, 0.25) is 0 Å². The first-order valence-electron chi connectivity index (χ1n) is 5.06. The van der Waals surface area contributed by atoms with E-state index in [1.54, 1.807) is 6.07 Å². The van der Waals surface area contributed by atoms with Crippen molar-refractivity contribution in [2.24, 2.45) is 0 Å². The minimum Gasteiger partial charge on any atom is -0.333 e. The van der Waals surface area contributed by atoms with Crippen LogP contribution in [-0.2, 0) is 0 Å². The van der Waals surface area contributed by atoms with Crippen LogP contribution in [-0.4, -0.2) is 11.4 Å². The van der Waals surface area contributed by atoms with Gasteiger partial charge in [0.25, 0.3) is 5.91 Å². The predicted octanol–water partition coefficient (Wildman–Crippen LogP) is 3.32. The van der Waals surface area contributed by atoms with Gasteiger partial charge in [0, 0.05) is 0 Å². The van der Waals surface area contributed by atoms with E-state index in [0.29, 0.717) is 17.7 Å². The molecule has 86 valence electrons. The van der Waals surface area contributed by atoms with Crippen molar-refractivity contribution >= 4 is 33.2 Å². The maximum atomic E-state index is 11.9. The van der Waals surface area contributed by atoms with E-state index in [1.165, 1.54) is 11.3 Å². The summed E-state index contributed by atoms with van der Waals surface area (Å²) in [5.74, 6) is -0.180. The summed E-state index contributed by atoms with van der Waals surface area (Å²) in [4.78, 5) is 12.5. The molecule has 1 N–H and O–H groups in total. The highest BCUT2D eigenvalue weighted by Crippen LogP contribution is 2.23. The molecule has 1 rings (SSSR count). The average molecular weight is 301 g/mol. The van der Waals surface area contributed by atoms with E-state index in [-0.39, 0.29) is 5.91 Å². The van der Waals surface area contributed by atoms with Crippen LogP contribution in [0.5, 0.6) is 0 Å². The Bertz CT molecular complexity index is 418. The normalized spacial score (nSPS) is 10.9. The molecule has 0 fully saturated rings. The standard InChI is InChI=1S/C11H13BrN2OS/c1-3-11(4-2,7-13)14-10(15)8-5-6-9(12)16-8/h5-6H,3-4H2,1-2H3,(H,14,15). The molecule has 0 aliphatic heterocycles.